The third-order valence-corrected chi connectivity index (χ3v) is 4.00. The third-order valence-electron chi connectivity index (χ3n) is 2.97. The van der Waals surface area contributed by atoms with Crippen LogP contribution in [0.2, 0.25) is 0 Å². The fourth-order valence-electron chi connectivity index (χ4n) is 1.93. The average molecular weight is 315 g/mol. The lowest BCUT2D eigenvalue weighted by molar-refractivity contribution is 0.381. The molecule has 0 spiro atoms. The summed E-state index contributed by atoms with van der Waals surface area (Å²) in [5.41, 5.74) is 0.338. The van der Waals surface area contributed by atoms with Gasteiger partial charge < -0.3 is 0 Å². The molecule has 0 unspecified atom stereocenters. The first-order valence-corrected chi connectivity index (χ1v) is 6.60. The fourth-order valence-corrected chi connectivity index (χ4v) is 3.03. The van der Waals surface area contributed by atoms with Gasteiger partial charge in [-0.2, -0.15) is 0 Å². The third kappa shape index (κ3) is 2.08. The lowest BCUT2D eigenvalue weighted by Gasteiger charge is -2.05. The van der Waals surface area contributed by atoms with E-state index in [1.54, 1.807) is 18.2 Å². The molecule has 3 aromatic rings. The van der Waals surface area contributed by atoms with Crippen LogP contribution in [0, 0.1) is 36.0 Å². The smallest absolute Gasteiger partial charge is 0.200 e. The fraction of sp³-hybridized carbons (Fsp3) is 0.0714. The first-order chi connectivity index (χ1) is 9.90. The molecule has 0 aliphatic heterocycles. The molecule has 3 rings (SSSR count). The van der Waals surface area contributed by atoms with E-state index in [4.69, 9.17) is 0 Å². The Morgan fingerprint density at radius 1 is 0.857 bits per heavy atom. The Labute approximate surface area is 119 Å². The molecule has 0 saturated heterocycles. The van der Waals surface area contributed by atoms with Crippen LogP contribution in [0.15, 0.2) is 18.2 Å². The minimum absolute atomic E-state index is 0.247. The molecule has 0 radical (unpaired) electrons. The van der Waals surface area contributed by atoms with Gasteiger partial charge in [-0.05, 0) is 24.6 Å². The van der Waals surface area contributed by atoms with Gasteiger partial charge in [0.05, 0.1) is 15.8 Å². The van der Waals surface area contributed by atoms with Crippen LogP contribution < -0.4 is 0 Å². The summed E-state index contributed by atoms with van der Waals surface area (Å²) in [6, 6.07) is 5.09. The summed E-state index contributed by atoms with van der Waals surface area (Å²) < 4.78 is 67.6. The van der Waals surface area contributed by atoms with Crippen LogP contribution in [-0.4, -0.2) is 4.98 Å². The molecule has 0 aliphatic carbocycles. The molecule has 7 heteroatoms. The predicted octanol–water partition coefficient (Wildman–Crippen LogP) is 4.97. The molecule has 1 heterocycles. The SMILES string of the molecule is Cc1ccc2nc(-c3c(F)c(F)c(F)c(F)c3F)sc2c1. The number of aryl methyl sites for hydroxylation is 1. The Morgan fingerprint density at radius 3 is 2.05 bits per heavy atom. The predicted molar refractivity (Wildman–Crippen MR) is 69.6 cm³/mol. The number of hydrogen-bond donors (Lipinski definition) is 0. The molecular weight excluding hydrogens is 309 g/mol. The first-order valence-electron chi connectivity index (χ1n) is 5.79. The van der Waals surface area contributed by atoms with E-state index in [2.05, 4.69) is 4.98 Å². The van der Waals surface area contributed by atoms with Crippen LogP contribution in [0.1, 0.15) is 5.56 Å². The topological polar surface area (TPSA) is 12.9 Å². The second-order valence-electron chi connectivity index (χ2n) is 4.44. The van der Waals surface area contributed by atoms with Gasteiger partial charge in [0.1, 0.15) is 5.01 Å². The van der Waals surface area contributed by atoms with Gasteiger partial charge in [0.2, 0.25) is 5.82 Å². The van der Waals surface area contributed by atoms with Crippen molar-refractivity contribution in [3.63, 3.8) is 0 Å². The van der Waals surface area contributed by atoms with Crippen molar-refractivity contribution in [2.45, 2.75) is 6.92 Å². The number of rotatable bonds is 1. The van der Waals surface area contributed by atoms with Crippen molar-refractivity contribution in [1.82, 2.24) is 4.98 Å². The van der Waals surface area contributed by atoms with Crippen molar-refractivity contribution >= 4 is 21.6 Å². The number of nitrogens with zero attached hydrogens (tertiary/aromatic N) is 1. The summed E-state index contributed by atoms with van der Waals surface area (Å²) in [6.45, 7) is 1.82. The molecule has 2 aromatic carbocycles. The van der Waals surface area contributed by atoms with Crippen molar-refractivity contribution in [2.24, 2.45) is 0 Å². The minimum Gasteiger partial charge on any atom is -0.236 e. The summed E-state index contributed by atoms with van der Waals surface area (Å²) in [6.07, 6.45) is 0. The van der Waals surface area contributed by atoms with Gasteiger partial charge >= 0.3 is 0 Å². The summed E-state index contributed by atoms with van der Waals surface area (Å²) in [7, 11) is 0. The lowest BCUT2D eigenvalue weighted by atomic mass is 10.1. The van der Waals surface area contributed by atoms with E-state index in [0.29, 0.717) is 10.2 Å². The molecular formula is C14H6F5NS. The number of benzene rings is 2. The van der Waals surface area contributed by atoms with Crippen molar-refractivity contribution < 1.29 is 22.0 Å². The lowest BCUT2D eigenvalue weighted by Crippen LogP contribution is -2.03. The Hall–Kier alpha value is -2.02. The second kappa shape index (κ2) is 4.77. The van der Waals surface area contributed by atoms with E-state index in [9.17, 15) is 22.0 Å². The minimum atomic E-state index is -2.18. The number of aromatic nitrogens is 1. The monoisotopic (exact) mass is 315 g/mol. The Balaban J connectivity index is 2.32. The average Bonchev–Trinajstić information content (AvgIpc) is 2.85. The van der Waals surface area contributed by atoms with Crippen molar-refractivity contribution in [2.75, 3.05) is 0 Å². The number of fused-ring (bicyclic) bond motifs is 1. The van der Waals surface area contributed by atoms with E-state index < -0.39 is 34.6 Å². The standard InChI is InChI=1S/C14H6F5NS/c1-5-2-3-6-7(4-5)21-14(20-6)8-9(15)11(17)13(19)12(18)10(8)16/h2-4H,1H3. The summed E-state index contributed by atoms with van der Waals surface area (Å²) in [5.74, 6) is -9.87. The second-order valence-corrected chi connectivity index (χ2v) is 5.47. The molecule has 1 aromatic heterocycles. The van der Waals surface area contributed by atoms with E-state index in [1.165, 1.54) is 0 Å². The van der Waals surface area contributed by atoms with Gasteiger partial charge in [-0.15, -0.1) is 11.3 Å². The summed E-state index contributed by atoms with van der Waals surface area (Å²) >= 11 is 0.869. The highest BCUT2D eigenvalue weighted by molar-refractivity contribution is 7.21. The molecule has 0 saturated carbocycles. The van der Waals surface area contributed by atoms with Crippen molar-refractivity contribution in [3.05, 3.63) is 52.8 Å². The van der Waals surface area contributed by atoms with Crippen molar-refractivity contribution in [3.8, 4) is 10.6 Å². The largest absolute Gasteiger partial charge is 0.236 e. The number of thiazole rings is 1. The summed E-state index contributed by atoms with van der Waals surface area (Å²) in [4.78, 5) is 3.94. The van der Waals surface area contributed by atoms with Gasteiger partial charge in [-0.25, -0.2) is 26.9 Å². The van der Waals surface area contributed by atoms with Crippen LogP contribution in [0.25, 0.3) is 20.8 Å². The van der Waals surface area contributed by atoms with Crippen LogP contribution in [0.4, 0.5) is 22.0 Å². The maximum atomic E-state index is 13.7. The van der Waals surface area contributed by atoms with Gasteiger partial charge in [0.25, 0.3) is 0 Å². The van der Waals surface area contributed by atoms with E-state index in [-0.39, 0.29) is 5.01 Å². The van der Waals surface area contributed by atoms with E-state index in [0.717, 1.165) is 16.9 Å². The zero-order valence-corrected chi connectivity index (χ0v) is 11.3. The molecule has 0 aliphatic rings. The van der Waals surface area contributed by atoms with Crippen LogP contribution in [0.5, 0.6) is 0 Å². The maximum absolute atomic E-state index is 13.7. The normalized spacial score (nSPS) is 11.3. The first kappa shape index (κ1) is 13.9. The Morgan fingerprint density at radius 2 is 1.43 bits per heavy atom. The molecule has 0 bridgehead atoms. The molecule has 0 amide bonds. The quantitative estimate of drug-likeness (QED) is 0.351. The highest BCUT2D eigenvalue weighted by atomic mass is 32.1. The van der Waals surface area contributed by atoms with E-state index >= 15 is 0 Å². The van der Waals surface area contributed by atoms with Gasteiger partial charge in [-0.1, -0.05) is 6.07 Å². The van der Waals surface area contributed by atoms with Crippen molar-refractivity contribution in [1.29, 1.82) is 0 Å². The van der Waals surface area contributed by atoms with Crippen LogP contribution >= 0.6 is 11.3 Å². The van der Waals surface area contributed by atoms with Gasteiger partial charge in [0, 0.05) is 0 Å². The molecule has 0 fully saturated rings. The molecule has 108 valence electrons. The molecule has 21 heavy (non-hydrogen) atoms. The zero-order chi connectivity index (χ0) is 15.3. The molecule has 0 N–H and O–H groups in total. The Bertz CT molecular complexity index is 842. The summed E-state index contributed by atoms with van der Waals surface area (Å²) in [5, 5.41) is -0.247. The van der Waals surface area contributed by atoms with Gasteiger partial charge in [-0.3, -0.25) is 0 Å². The molecule has 1 nitrogen and oxygen atoms in total. The number of hydrogen-bond acceptors (Lipinski definition) is 2. The molecule has 0 atom stereocenters. The van der Waals surface area contributed by atoms with Crippen LogP contribution in [-0.2, 0) is 0 Å². The Kier molecular flexibility index (Phi) is 3.16. The van der Waals surface area contributed by atoms with Crippen LogP contribution in [0.3, 0.4) is 0 Å². The van der Waals surface area contributed by atoms with E-state index in [1.807, 2.05) is 6.92 Å². The maximum Gasteiger partial charge on any atom is 0.200 e. The zero-order valence-electron chi connectivity index (χ0n) is 10.5. The van der Waals surface area contributed by atoms with Gasteiger partial charge in [0.15, 0.2) is 23.3 Å². The highest BCUT2D eigenvalue weighted by Crippen LogP contribution is 2.36. The highest BCUT2D eigenvalue weighted by Gasteiger charge is 2.28. The number of halogens is 5.